The second-order valence-corrected chi connectivity index (χ2v) is 9.49. The second kappa shape index (κ2) is 9.29. The molecule has 3 rings (SSSR count). The number of hydrogen-bond donors (Lipinski definition) is 2. The largest absolute Gasteiger partial charge is 0.416 e. The standard InChI is InChI=1S/C21H22F3N3O4S/c1-32(30,31)27-11-9-14(10-12-27)19(28)26-18-8-3-2-7-17(18)20(29)25-16-6-4-5-15(13-16)21(22,23)24/h2-8,13-14H,9-12H2,1H3,(H,25,29)(H,26,28). The highest BCUT2D eigenvalue weighted by Crippen LogP contribution is 2.31. The first kappa shape index (κ1) is 23.7. The van der Waals surface area contributed by atoms with E-state index in [1.165, 1.54) is 28.6 Å². The molecule has 0 unspecified atom stereocenters. The number of nitrogens with zero attached hydrogens (tertiary/aromatic N) is 1. The van der Waals surface area contributed by atoms with E-state index in [-0.39, 0.29) is 35.9 Å². The average molecular weight is 469 g/mol. The zero-order valence-corrected chi connectivity index (χ0v) is 18.0. The molecule has 172 valence electrons. The van der Waals surface area contributed by atoms with Crippen molar-refractivity contribution in [2.75, 3.05) is 30.0 Å². The number of amides is 2. The van der Waals surface area contributed by atoms with Crippen molar-refractivity contribution < 1.29 is 31.2 Å². The number of sulfonamides is 1. The molecule has 0 bridgehead atoms. The Labute approximate surface area is 183 Å². The molecule has 2 aromatic carbocycles. The molecule has 1 heterocycles. The number of piperidine rings is 1. The number of rotatable bonds is 5. The van der Waals surface area contributed by atoms with Gasteiger partial charge in [0.05, 0.1) is 23.1 Å². The van der Waals surface area contributed by atoms with Gasteiger partial charge in [-0.15, -0.1) is 0 Å². The van der Waals surface area contributed by atoms with Crippen LogP contribution in [-0.4, -0.2) is 43.9 Å². The lowest BCUT2D eigenvalue weighted by Crippen LogP contribution is -2.41. The molecular weight excluding hydrogens is 447 g/mol. The van der Waals surface area contributed by atoms with Gasteiger partial charge >= 0.3 is 6.18 Å². The van der Waals surface area contributed by atoms with Gasteiger partial charge in [0.25, 0.3) is 5.91 Å². The summed E-state index contributed by atoms with van der Waals surface area (Å²) in [5.41, 5.74) is -0.615. The van der Waals surface area contributed by atoms with E-state index in [9.17, 15) is 31.2 Å². The predicted molar refractivity (Wildman–Crippen MR) is 114 cm³/mol. The Bertz CT molecular complexity index is 1110. The fourth-order valence-corrected chi connectivity index (χ4v) is 4.32. The quantitative estimate of drug-likeness (QED) is 0.700. The van der Waals surface area contributed by atoms with Gasteiger partial charge in [0.15, 0.2) is 0 Å². The first-order valence-corrected chi connectivity index (χ1v) is 11.6. The highest BCUT2D eigenvalue weighted by Gasteiger charge is 2.31. The molecule has 11 heteroatoms. The lowest BCUT2D eigenvalue weighted by atomic mass is 9.97. The molecule has 1 saturated heterocycles. The van der Waals surface area contributed by atoms with Crippen LogP contribution in [0, 0.1) is 5.92 Å². The summed E-state index contributed by atoms with van der Waals surface area (Å²) < 4.78 is 63.3. The smallest absolute Gasteiger partial charge is 0.325 e. The summed E-state index contributed by atoms with van der Waals surface area (Å²) in [5, 5.41) is 5.11. The van der Waals surface area contributed by atoms with Gasteiger partial charge < -0.3 is 10.6 Å². The lowest BCUT2D eigenvalue weighted by Gasteiger charge is -2.29. The van der Waals surface area contributed by atoms with Gasteiger partial charge in [-0.05, 0) is 43.2 Å². The highest BCUT2D eigenvalue weighted by atomic mass is 32.2. The molecule has 0 spiro atoms. The summed E-state index contributed by atoms with van der Waals surface area (Å²) in [6.45, 7) is 0.462. The highest BCUT2D eigenvalue weighted by molar-refractivity contribution is 7.88. The van der Waals surface area contributed by atoms with Gasteiger partial charge in [-0.25, -0.2) is 12.7 Å². The number of para-hydroxylation sites is 1. The van der Waals surface area contributed by atoms with Gasteiger partial charge in [-0.1, -0.05) is 18.2 Å². The Balaban J connectivity index is 1.70. The van der Waals surface area contributed by atoms with Gasteiger partial charge in [0.2, 0.25) is 15.9 Å². The third kappa shape index (κ3) is 5.86. The SMILES string of the molecule is CS(=O)(=O)N1CCC(C(=O)Nc2ccccc2C(=O)Nc2cccc(C(F)(F)F)c2)CC1. The summed E-state index contributed by atoms with van der Waals surface area (Å²) in [7, 11) is -3.32. The molecule has 32 heavy (non-hydrogen) atoms. The Morgan fingerprint density at radius 2 is 1.66 bits per heavy atom. The summed E-state index contributed by atoms with van der Waals surface area (Å²) in [6.07, 6.45) is -2.74. The molecule has 0 radical (unpaired) electrons. The van der Waals surface area contributed by atoms with E-state index in [0.29, 0.717) is 12.8 Å². The van der Waals surface area contributed by atoms with Crippen molar-refractivity contribution in [1.29, 1.82) is 0 Å². The van der Waals surface area contributed by atoms with Crippen LogP contribution in [0.5, 0.6) is 0 Å². The maximum Gasteiger partial charge on any atom is 0.416 e. The summed E-state index contributed by atoms with van der Waals surface area (Å²) in [5.74, 6) is -1.45. The number of carbonyl (C=O) groups excluding carboxylic acids is 2. The van der Waals surface area contributed by atoms with Crippen molar-refractivity contribution in [2.24, 2.45) is 5.92 Å². The number of alkyl halides is 3. The normalized spacial score (nSPS) is 15.9. The van der Waals surface area contributed by atoms with Gasteiger partial charge in [0.1, 0.15) is 0 Å². The van der Waals surface area contributed by atoms with Crippen molar-refractivity contribution >= 4 is 33.2 Å². The van der Waals surface area contributed by atoms with Crippen molar-refractivity contribution in [3.8, 4) is 0 Å². The van der Waals surface area contributed by atoms with Crippen molar-refractivity contribution in [3.05, 3.63) is 59.7 Å². The Kier molecular flexibility index (Phi) is 6.89. The van der Waals surface area contributed by atoms with Crippen LogP contribution < -0.4 is 10.6 Å². The third-order valence-electron chi connectivity index (χ3n) is 5.17. The fourth-order valence-electron chi connectivity index (χ4n) is 3.45. The Morgan fingerprint density at radius 3 is 2.28 bits per heavy atom. The monoisotopic (exact) mass is 469 g/mol. The predicted octanol–water partition coefficient (Wildman–Crippen LogP) is 3.57. The number of hydrogen-bond acceptors (Lipinski definition) is 4. The molecule has 1 aliphatic heterocycles. The van der Waals surface area contributed by atoms with Crippen LogP contribution in [0.2, 0.25) is 0 Å². The van der Waals surface area contributed by atoms with Crippen molar-refractivity contribution in [2.45, 2.75) is 19.0 Å². The Hall–Kier alpha value is -2.92. The lowest BCUT2D eigenvalue weighted by molar-refractivity contribution is -0.137. The van der Waals surface area contributed by atoms with Gasteiger partial charge in [0, 0.05) is 24.7 Å². The molecule has 2 amide bonds. The molecule has 0 saturated carbocycles. The minimum Gasteiger partial charge on any atom is -0.325 e. The number of benzene rings is 2. The summed E-state index contributed by atoms with van der Waals surface area (Å²) >= 11 is 0. The number of carbonyl (C=O) groups is 2. The molecule has 2 aromatic rings. The molecule has 0 aromatic heterocycles. The molecule has 1 fully saturated rings. The maximum absolute atomic E-state index is 12.9. The molecule has 2 N–H and O–H groups in total. The van der Waals surface area contributed by atoms with Crippen molar-refractivity contribution in [1.82, 2.24) is 4.31 Å². The van der Waals surface area contributed by atoms with E-state index in [0.717, 1.165) is 18.4 Å². The van der Waals surface area contributed by atoms with Crippen LogP contribution in [0.1, 0.15) is 28.8 Å². The zero-order chi connectivity index (χ0) is 23.5. The van der Waals surface area contributed by atoms with Crippen LogP contribution in [-0.2, 0) is 21.0 Å². The van der Waals surface area contributed by atoms with E-state index in [1.807, 2.05) is 0 Å². The van der Waals surface area contributed by atoms with Crippen LogP contribution in [0.3, 0.4) is 0 Å². The van der Waals surface area contributed by atoms with E-state index < -0.39 is 33.6 Å². The van der Waals surface area contributed by atoms with E-state index >= 15 is 0 Å². The summed E-state index contributed by atoms with van der Waals surface area (Å²) in [6, 6.07) is 10.4. The first-order chi connectivity index (χ1) is 14.9. The Morgan fingerprint density at radius 1 is 1.00 bits per heavy atom. The molecule has 0 atom stereocenters. The van der Waals surface area contributed by atoms with Crippen LogP contribution in [0.15, 0.2) is 48.5 Å². The minimum absolute atomic E-state index is 0.0286. The molecule has 7 nitrogen and oxygen atoms in total. The molecular formula is C21H22F3N3O4S. The van der Waals surface area contributed by atoms with Crippen LogP contribution >= 0.6 is 0 Å². The molecule has 1 aliphatic rings. The van der Waals surface area contributed by atoms with E-state index in [2.05, 4.69) is 10.6 Å². The third-order valence-corrected chi connectivity index (χ3v) is 6.47. The minimum atomic E-state index is -4.54. The summed E-state index contributed by atoms with van der Waals surface area (Å²) in [4.78, 5) is 25.4. The molecule has 0 aliphatic carbocycles. The van der Waals surface area contributed by atoms with Gasteiger partial charge in [-0.2, -0.15) is 13.2 Å². The van der Waals surface area contributed by atoms with Crippen LogP contribution in [0.25, 0.3) is 0 Å². The zero-order valence-electron chi connectivity index (χ0n) is 17.1. The van der Waals surface area contributed by atoms with E-state index in [1.54, 1.807) is 12.1 Å². The first-order valence-electron chi connectivity index (χ1n) is 9.79. The number of halogens is 3. The maximum atomic E-state index is 12.9. The number of nitrogens with one attached hydrogen (secondary N) is 2. The van der Waals surface area contributed by atoms with E-state index in [4.69, 9.17) is 0 Å². The topological polar surface area (TPSA) is 95.6 Å². The fraction of sp³-hybridized carbons (Fsp3) is 0.333. The average Bonchev–Trinajstić information content (AvgIpc) is 2.73. The van der Waals surface area contributed by atoms with Crippen LogP contribution in [0.4, 0.5) is 24.5 Å². The van der Waals surface area contributed by atoms with Crippen molar-refractivity contribution in [3.63, 3.8) is 0 Å². The second-order valence-electron chi connectivity index (χ2n) is 7.50. The number of anilines is 2. The van der Waals surface area contributed by atoms with Gasteiger partial charge in [-0.3, -0.25) is 9.59 Å².